The molecule has 178 valence electrons. The molecule has 0 aliphatic carbocycles. The minimum Gasteiger partial charge on any atom is -0.451 e. The maximum Gasteiger partial charge on any atom is 0.291 e. The highest BCUT2D eigenvalue weighted by atomic mass is 35.5. The van der Waals surface area contributed by atoms with Crippen molar-refractivity contribution in [3.63, 3.8) is 0 Å². The molecule has 34 heavy (non-hydrogen) atoms. The molecule has 6 nitrogen and oxygen atoms in total. The number of carbonyl (C=O) groups excluding carboxylic acids is 2. The number of furan rings is 1. The standard InChI is InChI=1S/C26H27Cl2N3O3/c1-17(2)13-25(32)31-11-9-30(10-12-31)22-5-3-21(4-6-22)29-26(33)24-8-7-23(34-24)18-14-19(27)16-20(28)15-18/h3-8,14-17H,9-13H2,1-2H3,(H,29,33). The van der Waals surface area contributed by atoms with E-state index in [0.29, 0.717) is 39.4 Å². The summed E-state index contributed by atoms with van der Waals surface area (Å²) in [6.45, 7) is 7.16. The van der Waals surface area contributed by atoms with Crippen molar-refractivity contribution in [2.24, 2.45) is 5.92 Å². The number of benzene rings is 2. The number of hydrogen-bond donors (Lipinski definition) is 1. The largest absolute Gasteiger partial charge is 0.451 e. The van der Waals surface area contributed by atoms with Crippen molar-refractivity contribution in [1.29, 1.82) is 0 Å². The van der Waals surface area contributed by atoms with Gasteiger partial charge in [-0.15, -0.1) is 0 Å². The van der Waals surface area contributed by atoms with E-state index in [1.165, 1.54) is 0 Å². The minimum atomic E-state index is -0.343. The second-order valence-electron chi connectivity index (χ2n) is 8.79. The number of hydrogen-bond acceptors (Lipinski definition) is 4. The van der Waals surface area contributed by atoms with Gasteiger partial charge in [0, 0.05) is 59.6 Å². The van der Waals surface area contributed by atoms with Crippen LogP contribution in [0.1, 0.15) is 30.8 Å². The molecule has 0 atom stereocenters. The zero-order chi connectivity index (χ0) is 24.2. The summed E-state index contributed by atoms with van der Waals surface area (Å²) < 4.78 is 5.72. The Morgan fingerprint density at radius 2 is 1.59 bits per heavy atom. The van der Waals surface area contributed by atoms with Gasteiger partial charge in [0.05, 0.1) is 0 Å². The first kappa shape index (κ1) is 24.2. The fourth-order valence-corrected chi connectivity index (χ4v) is 4.48. The Balaban J connectivity index is 1.34. The summed E-state index contributed by atoms with van der Waals surface area (Å²) in [4.78, 5) is 29.1. The van der Waals surface area contributed by atoms with Gasteiger partial charge in [0.15, 0.2) is 5.76 Å². The van der Waals surface area contributed by atoms with Crippen LogP contribution in [0.5, 0.6) is 0 Å². The molecular formula is C26H27Cl2N3O3. The third-order valence-corrected chi connectivity index (χ3v) is 6.12. The molecule has 4 rings (SSSR count). The molecule has 3 aromatic rings. The van der Waals surface area contributed by atoms with E-state index >= 15 is 0 Å². The highest BCUT2D eigenvalue weighted by molar-refractivity contribution is 6.35. The number of anilines is 2. The second kappa shape index (κ2) is 10.5. The second-order valence-corrected chi connectivity index (χ2v) is 9.66. The molecule has 0 unspecified atom stereocenters. The smallest absolute Gasteiger partial charge is 0.291 e. The molecule has 0 saturated carbocycles. The van der Waals surface area contributed by atoms with Crippen LogP contribution >= 0.6 is 23.2 Å². The molecule has 2 aromatic carbocycles. The van der Waals surface area contributed by atoms with Gasteiger partial charge in [-0.05, 0) is 60.5 Å². The van der Waals surface area contributed by atoms with Gasteiger partial charge in [0.2, 0.25) is 5.91 Å². The van der Waals surface area contributed by atoms with Crippen LogP contribution in [0.2, 0.25) is 10.0 Å². The molecule has 0 radical (unpaired) electrons. The lowest BCUT2D eigenvalue weighted by atomic mass is 10.1. The van der Waals surface area contributed by atoms with Crippen LogP contribution in [0.15, 0.2) is 59.0 Å². The van der Waals surface area contributed by atoms with Crippen LogP contribution in [0.25, 0.3) is 11.3 Å². The summed E-state index contributed by atoms with van der Waals surface area (Å²) in [7, 11) is 0. The topological polar surface area (TPSA) is 65.8 Å². The van der Waals surface area contributed by atoms with Crippen molar-refractivity contribution in [1.82, 2.24) is 4.90 Å². The fourth-order valence-electron chi connectivity index (χ4n) is 3.95. The number of nitrogens with zero attached hydrogens (tertiary/aromatic N) is 2. The first-order valence-corrected chi connectivity index (χ1v) is 12.0. The molecule has 1 aliphatic rings. The lowest BCUT2D eigenvalue weighted by Gasteiger charge is -2.36. The zero-order valence-electron chi connectivity index (χ0n) is 19.2. The van der Waals surface area contributed by atoms with Crippen molar-refractivity contribution in [2.45, 2.75) is 20.3 Å². The Kier molecular flexibility index (Phi) is 7.49. The Hall–Kier alpha value is -2.96. The van der Waals surface area contributed by atoms with Gasteiger partial charge in [-0.3, -0.25) is 9.59 Å². The van der Waals surface area contributed by atoms with Crippen LogP contribution in [0.4, 0.5) is 11.4 Å². The molecule has 0 spiro atoms. The summed E-state index contributed by atoms with van der Waals surface area (Å²) >= 11 is 12.1. The summed E-state index contributed by atoms with van der Waals surface area (Å²) in [6.07, 6.45) is 0.596. The summed E-state index contributed by atoms with van der Waals surface area (Å²) in [5, 5.41) is 3.85. The van der Waals surface area contributed by atoms with Crippen molar-refractivity contribution in [2.75, 3.05) is 36.4 Å². The molecular weight excluding hydrogens is 473 g/mol. The minimum absolute atomic E-state index is 0.192. The molecule has 1 N–H and O–H groups in total. The maximum atomic E-state index is 12.7. The van der Waals surface area contributed by atoms with Gasteiger partial charge < -0.3 is 19.5 Å². The predicted octanol–water partition coefficient (Wildman–Crippen LogP) is 6.20. The Morgan fingerprint density at radius 3 is 2.21 bits per heavy atom. The molecule has 1 aromatic heterocycles. The van der Waals surface area contributed by atoms with Crippen LogP contribution in [-0.2, 0) is 4.79 Å². The average Bonchev–Trinajstić information content (AvgIpc) is 3.29. The zero-order valence-corrected chi connectivity index (χ0v) is 20.7. The normalized spacial score (nSPS) is 13.9. The average molecular weight is 500 g/mol. The van der Waals surface area contributed by atoms with Gasteiger partial charge in [0.25, 0.3) is 5.91 Å². The quantitative estimate of drug-likeness (QED) is 0.438. The van der Waals surface area contributed by atoms with Gasteiger partial charge in [0.1, 0.15) is 5.76 Å². The Bertz CT molecular complexity index is 1150. The maximum absolute atomic E-state index is 12.7. The highest BCUT2D eigenvalue weighted by Gasteiger charge is 2.22. The summed E-state index contributed by atoms with van der Waals surface area (Å²) in [5.74, 6) is 0.960. The fraction of sp³-hybridized carbons (Fsp3) is 0.308. The molecule has 1 aliphatic heterocycles. The number of rotatable bonds is 6. The van der Waals surface area contributed by atoms with Crippen LogP contribution in [0, 0.1) is 5.92 Å². The van der Waals surface area contributed by atoms with Crippen molar-refractivity contribution >= 4 is 46.4 Å². The van der Waals surface area contributed by atoms with E-state index in [-0.39, 0.29) is 17.6 Å². The van der Waals surface area contributed by atoms with Gasteiger partial charge in [-0.1, -0.05) is 37.0 Å². The van der Waals surface area contributed by atoms with E-state index in [1.54, 1.807) is 30.3 Å². The van der Waals surface area contributed by atoms with E-state index in [0.717, 1.165) is 31.9 Å². The molecule has 2 heterocycles. The number of nitrogens with one attached hydrogen (secondary N) is 1. The van der Waals surface area contributed by atoms with Crippen LogP contribution < -0.4 is 10.2 Å². The highest BCUT2D eigenvalue weighted by Crippen LogP contribution is 2.29. The number of carbonyl (C=O) groups is 2. The van der Waals surface area contributed by atoms with E-state index < -0.39 is 0 Å². The number of piperazine rings is 1. The Morgan fingerprint density at radius 1 is 0.941 bits per heavy atom. The summed E-state index contributed by atoms with van der Waals surface area (Å²) in [6, 6.07) is 16.1. The van der Waals surface area contributed by atoms with Gasteiger partial charge in [-0.2, -0.15) is 0 Å². The lowest BCUT2D eigenvalue weighted by molar-refractivity contribution is -0.132. The Labute approximate surface area is 209 Å². The summed E-state index contributed by atoms with van der Waals surface area (Å²) in [5.41, 5.74) is 2.43. The molecule has 0 bridgehead atoms. The van der Waals surface area contributed by atoms with Crippen molar-refractivity contribution < 1.29 is 14.0 Å². The van der Waals surface area contributed by atoms with Gasteiger partial charge in [-0.25, -0.2) is 0 Å². The van der Waals surface area contributed by atoms with Crippen molar-refractivity contribution in [3.05, 3.63) is 70.4 Å². The SMILES string of the molecule is CC(C)CC(=O)N1CCN(c2ccc(NC(=O)c3ccc(-c4cc(Cl)cc(Cl)c4)o3)cc2)CC1. The van der Waals surface area contributed by atoms with E-state index in [9.17, 15) is 9.59 Å². The first-order chi connectivity index (χ1) is 16.3. The number of halogens is 2. The molecule has 8 heteroatoms. The third-order valence-electron chi connectivity index (χ3n) is 5.68. The van der Waals surface area contributed by atoms with Crippen LogP contribution in [0.3, 0.4) is 0 Å². The lowest BCUT2D eigenvalue weighted by Crippen LogP contribution is -2.49. The number of amides is 2. The van der Waals surface area contributed by atoms with E-state index in [1.807, 2.05) is 29.2 Å². The van der Waals surface area contributed by atoms with Crippen molar-refractivity contribution in [3.8, 4) is 11.3 Å². The molecule has 1 fully saturated rings. The predicted molar refractivity (Wildman–Crippen MR) is 137 cm³/mol. The van der Waals surface area contributed by atoms with E-state index in [2.05, 4.69) is 24.1 Å². The van der Waals surface area contributed by atoms with E-state index in [4.69, 9.17) is 27.6 Å². The third kappa shape index (κ3) is 5.93. The first-order valence-electron chi connectivity index (χ1n) is 11.3. The van der Waals surface area contributed by atoms with Crippen LogP contribution in [-0.4, -0.2) is 42.9 Å². The molecule has 2 amide bonds. The molecule has 1 saturated heterocycles. The van der Waals surface area contributed by atoms with Gasteiger partial charge >= 0.3 is 0 Å². The monoisotopic (exact) mass is 499 g/mol.